The third kappa shape index (κ3) is 2.63. The zero-order valence-corrected chi connectivity index (χ0v) is 10.0. The van der Waals surface area contributed by atoms with Crippen molar-refractivity contribution in [1.29, 1.82) is 0 Å². The lowest BCUT2D eigenvalue weighted by molar-refractivity contribution is 0.414. The van der Waals surface area contributed by atoms with Crippen LogP contribution in [-0.4, -0.2) is 0 Å². The van der Waals surface area contributed by atoms with E-state index >= 15 is 0 Å². The molecule has 3 nitrogen and oxygen atoms in total. The summed E-state index contributed by atoms with van der Waals surface area (Å²) in [5, 5.41) is 0. The molecule has 0 aromatic heterocycles. The Hall–Kier alpha value is -2.21. The average Bonchev–Trinajstić information content (AvgIpc) is 2.35. The Morgan fingerprint density at radius 3 is 2.47 bits per heavy atom. The monoisotopic (exact) mass is 268 g/mol. The lowest BCUT2D eigenvalue weighted by Gasteiger charge is -2.11. The first-order valence-electron chi connectivity index (χ1n) is 5.41. The van der Waals surface area contributed by atoms with E-state index in [0.717, 1.165) is 12.1 Å². The van der Waals surface area contributed by atoms with E-state index in [-0.39, 0.29) is 17.2 Å². The van der Waals surface area contributed by atoms with E-state index in [1.807, 2.05) is 0 Å². The number of nitrogens with one attached hydrogen (secondary N) is 1. The molecule has 2 rings (SSSR count). The number of ether oxygens (including phenoxy) is 1. The molecule has 0 aliphatic carbocycles. The highest BCUT2D eigenvalue weighted by molar-refractivity contribution is 5.54. The second-order valence-electron chi connectivity index (χ2n) is 3.90. The zero-order valence-electron chi connectivity index (χ0n) is 10.0. The molecule has 0 bridgehead atoms. The topological polar surface area (TPSA) is 47.3 Å². The summed E-state index contributed by atoms with van der Waals surface area (Å²) in [6.45, 7) is 1.60. The smallest absolute Gasteiger partial charge is 0.201 e. The van der Waals surface area contributed by atoms with Crippen molar-refractivity contribution in [3.8, 4) is 11.5 Å². The maximum atomic E-state index is 13.6. The Morgan fingerprint density at radius 2 is 1.84 bits per heavy atom. The van der Waals surface area contributed by atoms with Crippen LogP contribution in [0.25, 0.3) is 0 Å². The molecule has 0 radical (unpaired) electrons. The van der Waals surface area contributed by atoms with Crippen LogP contribution in [0.2, 0.25) is 0 Å². The molecule has 2 aromatic carbocycles. The quantitative estimate of drug-likeness (QED) is 0.661. The molecule has 0 saturated carbocycles. The van der Waals surface area contributed by atoms with Crippen molar-refractivity contribution in [3.63, 3.8) is 0 Å². The summed E-state index contributed by atoms with van der Waals surface area (Å²) in [5.74, 6) is 2.10. The summed E-state index contributed by atoms with van der Waals surface area (Å²) in [6, 6.07) is 6.01. The molecule has 0 amide bonds. The van der Waals surface area contributed by atoms with E-state index in [1.54, 1.807) is 6.92 Å². The first-order chi connectivity index (χ1) is 9.02. The second-order valence-corrected chi connectivity index (χ2v) is 3.90. The molecule has 0 spiro atoms. The Labute approximate surface area is 107 Å². The Balaban J connectivity index is 2.36. The van der Waals surface area contributed by atoms with Crippen LogP contribution in [0.3, 0.4) is 0 Å². The molecule has 0 heterocycles. The van der Waals surface area contributed by atoms with Gasteiger partial charge in [-0.15, -0.1) is 0 Å². The molecule has 2 aromatic rings. The van der Waals surface area contributed by atoms with Gasteiger partial charge in [-0.25, -0.2) is 8.78 Å². The number of hydrogen-bond donors (Lipinski definition) is 2. The van der Waals surface area contributed by atoms with Gasteiger partial charge in [-0.2, -0.15) is 4.39 Å². The Bertz CT molecular complexity index is 594. The number of rotatable bonds is 3. The first-order valence-corrected chi connectivity index (χ1v) is 5.41. The summed E-state index contributed by atoms with van der Waals surface area (Å²) in [5.41, 5.74) is 2.81. The molecule has 0 atom stereocenters. The Morgan fingerprint density at radius 1 is 1.11 bits per heavy atom. The van der Waals surface area contributed by atoms with Gasteiger partial charge in [-0.1, -0.05) is 6.07 Å². The van der Waals surface area contributed by atoms with Crippen LogP contribution >= 0.6 is 0 Å². The second kappa shape index (κ2) is 5.19. The molecule has 0 aliphatic heterocycles. The van der Waals surface area contributed by atoms with Crippen LogP contribution in [0.15, 0.2) is 30.3 Å². The predicted octanol–water partition coefficient (Wildman–Crippen LogP) is 3.49. The highest BCUT2D eigenvalue weighted by atomic mass is 19.2. The van der Waals surface area contributed by atoms with Crippen LogP contribution in [0.5, 0.6) is 11.5 Å². The molecular weight excluding hydrogens is 257 g/mol. The van der Waals surface area contributed by atoms with Gasteiger partial charge < -0.3 is 10.2 Å². The van der Waals surface area contributed by atoms with E-state index in [2.05, 4.69) is 5.43 Å². The SMILES string of the molecule is Cc1cc(Oc2cccc(F)c2F)cc(F)c1NN. The minimum atomic E-state index is -1.12. The van der Waals surface area contributed by atoms with E-state index < -0.39 is 17.5 Å². The number of halogens is 3. The van der Waals surface area contributed by atoms with Gasteiger partial charge in [0.15, 0.2) is 17.4 Å². The predicted molar refractivity (Wildman–Crippen MR) is 65.4 cm³/mol. The summed E-state index contributed by atoms with van der Waals surface area (Å²) in [7, 11) is 0. The maximum absolute atomic E-state index is 13.6. The van der Waals surface area contributed by atoms with Crippen LogP contribution < -0.4 is 16.0 Å². The molecule has 6 heteroatoms. The first kappa shape index (κ1) is 13.2. The van der Waals surface area contributed by atoms with Gasteiger partial charge in [0.2, 0.25) is 5.82 Å². The zero-order chi connectivity index (χ0) is 14.0. The van der Waals surface area contributed by atoms with Crippen LogP contribution in [0, 0.1) is 24.4 Å². The van der Waals surface area contributed by atoms with Gasteiger partial charge in [0.05, 0.1) is 5.69 Å². The fourth-order valence-electron chi connectivity index (χ4n) is 1.64. The third-order valence-corrected chi connectivity index (χ3v) is 2.55. The van der Waals surface area contributed by atoms with Crippen LogP contribution in [-0.2, 0) is 0 Å². The standard InChI is InChI=1S/C13H11F3N2O/c1-7-5-8(6-10(15)13(7)18-17)19-11-4-2-3-9(14)12(11)16/h2-6,18H,17H2,1H3. The van der Waals surface area contributed by atoms with E-state index in [9.17, 15) is 13.2 Å². The number of hydrazine groups is 1. The van der Waals surface area contributed by atoms with E-state index in [1.165, 1.54) is 18.2 Å². The maximum Gasteiger partial charge on any atom is 0.201 e. The molecule has 19 heavy (non-hydrogen) atoms. The molecular formula is C13H11F3N2O. The number of aryl methyl sites for hydroxylation is 1. The van der Waals surface area contributed by atoms with Gasteiger partial charge in [-0.3, -0.25) is 5.84 Å². The van der Waals surface area contributed by atoms with Crippen molar-refractivity contribution in [2.24, 2.45) is 5.84 Å². The van der Waals surface area contributed by atoms with Gasteiger partial charge in [0.1, 0.15) is 5.75 Å². The van der Waals surface area contributed by atoms with Gasteiger partial charge in [0, 0.05) is 6.07 Å². The number of anilines is 1. The summed E-state index contributed by atoms with van der Waals surface area (Å²) in [4.78, 5) is 0. The van der Waals surface area contributed by atoms with Crippen LogP contribution in [0.4, 0.5) is 18.9 Å². The lowest BCUT2D eigenvalue weighted by Crippen LogP contribution is -2.10. The largest absolute Gasteiger partial charge is 0.454 e. The molecule has 0 aliphatic rings. The van der Waals surface area contributed by atoms with Gasteiger partial charge >= 0.3 is 0 Å². The van der Waals surface area contributed by atoms with E-state index in [0.29, 0.717) is 5.56 Å². The Kier molecular flexibility index (Phi) is 3.62. The lowest BCUT2D eigenvalue weighted by atomic mass is 10.2. The van der Waals surface area contributed by atoms with Gasteiger partial charge in [-0.05, 0) is 30.7 Å². The number of benzene rings is 2. The highest BCUT2D eigenvalue weighted by Gasteiger charge is 2.12. The molecule has 100 valence electrons. The number of hydrogen-bond acceptors (Lipinski definition) is 3. The molecule has 0 unspecified atom stereocenters. The highest BCUT2D eigenvalue weighted by Crippen LogP contribution is 2.30. The molecule has 3 N–H and O–H groups in total. The average molecular weight is 268 g/mol. The van der Waals surface area contributed by atoms with Crippen LogP contribution in [0.1, 0.15) is 5.56 Å². The normalized spacial score (nSPS) is 10.4. The summed E-state index contributed by atoms with van der Waals surface area (Å²) in [6.07, 6.45) is 0. The van der Waals surface area contributed by atoms with Crippen molar-refractivity contribution >= 4 is 5.69 Å². The minimum Gasteiger partial charge on any atom is -0.454 e. The minimum absolute atomic E-state index is 0.0542. The van der Waals surface area contributed by atoms with Gasteiger partial charge in [0.25, 0.3) is 0 Å². The molecule has 0 fully saturated rings. The van der Waals surface area contributed by atoms with Crippen molar-refractivity contribution < 1.29 is 17.9 Å². The fourth-order valence-corrected chi connectivity index (χ4v) is 1.64. The number of nitrogen functional groups attached to an aromatic ring is 1. The van der Waals surface area contributed by atoms with Crippen molar-refractivity contribution in [3.05, 3.63) is 53.3 Å². The number of nitrogens with two attached hydrogens (primary N) is 1. The summed E-state index contributed by atoms with van der Waals surface area (Å²) >= 11 is 0. The van der Waals surface area contributed by atoms with Crippen molar-refractivity contribution in [1.82, 2.24) is 0 Å². The molecule has 0 saturated heterocycles. The fraction of sp³-hybridized carbons (Fsp3) is 0.0769. The van der Waals surface area contributed by atoms with Crippen molar-refractivity contribution in [2.75, 3.05) is 5.43 Å². The third-order valence-electron chi connectivity index (χ3n) is 2.55. The van der Waals surface area contributed by atoms with E-state index in [4.69, 9.17) is 10.6 Å². The van der Waals surface area contributed by atoms with Crippen molar-refractivity contribution in [2.45, 2.75) is 6.92 Å². The summed E-state index contributed by atoms with van der Waals surface area (Å²) < 4.78 is 45.1.